The number of carbonyl (C=O) groups is 1. The van der Waals surface area contributed by atoms with Crippen LogP contribution in [0.5, 0.6) is 0 Å². The fraction of sp³-hybridized carbons (Fsp3) is 0.977. The molecule has 1 fully saturated rings. The lowest BCUT2D eigenvalue weighted by atomic mass is 9.98. The molecule has 0 spiro atoms. The quantitative estimate of drug-likeness (QED) is 0.0510. The van der Waals surface area contributed by atoms with Crippen molar-refractivity contribution in [3.8, 4) is 0 Å². The first-order valence-corrected chi connectivity index (χ1v) is 21.3. The molecule has 1 heterocycles. The number of carbonyl (C=O) groups excluding carboxylic acids is 1. The van der Waals surface area contributed by atoms with Gasteiger partial charge >= 0.3 is 5.97 Å². The van der Waals surface area contributed by atoms with Crippen LogP contribution >= 0.6 is 0 Å². The van der Waals surface area contributed by atoms with Crippen molar-refractivity contribution < 1.29 is 19.0 Å². The van der Waals surface area contributed by atoms with Crippen molar-refractivity contribution in [2.75, 3.05) is 27.7 Å². The summed E-state index contributed by atoms with van der Waals surface area (Å²) < 4.78 is 18.2. The van der Waals surface area contributed by atoms with Crippen molar-refractivity contribution in [2.45, 2.75) is 245 Å². The number of unbranched alkanes of at least 4 members (excludes halogenated alkanes) is 28. The normalized spacial score (nSPS) is 17.1. The predicted molar refractivity (Wildman–Crippen MR) is 209 cm³/mol. The van der Waals surface area contributed by atoms with Crippen LogP contribution in [0.2, 0.25) is 0 Å². The van der Waals surface area contributed by atoms with E-state index >= 15 is 0 Å². The topological polar surface area (TPSA) is 48.0 Å². The molecule has 0 N–H and O–H groups in total. The molecule has 1 unspecified atom stereocenters. The minimum Gasteiger partial charge on any atom is -0.431 e. The summed E-state index contributed by atoms with van der Waals surface area (Å²) in [5, 5.41) is 0. The molecular weight excluding hydrogens is 594 g/mol. The monoisotopic (exact) mass is 682 g/mol. The average Bonchev–Trinajstić information content (AvgIpc) is 3.35. The molecule has 48 heavy (non-hydrogen) atoms. The van der Waals surface area contributed by atoms with E-state index < -0.39 is 11.6 Å². The SMILES string of the molecule is CCCCCCCCCCCCCCCCCC1(CCCCCCCCCCCCCCCCC)OCC(C)(OC(C)=O)O1.CN(C)C. The van der Waals surface area contributed by atoms with Crippen molar-refractivity contribution in [2.24, 2.45) is 0 Å². The predicted octanol–water partition coefficient (Wildman–Crippen LogP) is 13.7. The van der Waals surface area contributed by atoms with Gasteiger partial charge in [-0.15, -0.1) is 0 Å². The third-order valence-electron chi connectivity index (χ3n) is 9.68. The molecule has 1 rings (SSSR count). The molecule has 5 nitrogen and oxygen atoms in total. The van der Waals surface area contributed by atoms with Gasteiger partial charge in [0.1, 0.15) is 6.61 Å². The van der Waals surface area contributed by atoms with Crippen LogP contribution in [-0.2, 0) is 19.0 Å². The Labute approximate surface area is 301 Å². The van der Waals surface area contributed by atoms with Gasteiger partial charge in [-0.05, 0) is 34.0 Å². The highest BCUT2D eigenvalue weighted by atomic mass is 16.8. The van der Waals surface area contributed by atoms with Crippen molar-refractivity contribution in [1.82, 2.24) is 4.90 Å². The Morgan fingerprint density at radius 3 is 1.02 bits per heavy atom. The summed E-state index contributed by atoms with van der Waals surface area (Å²) >= 11 is 0. The maximum absolute atomic E-state index is 11.7. The maximum atomic E-state index is 11.7. The molecule has 1 aliphatic heterocycles. The van der Waals surface area contributed by atoms with Gasteiger partial charge in [0, 0.05) is 26.7 Å². The van der Waals surface area contributed by atoms with Gasteiger partial charge in [-0.2, -0.15) is 0 Å². The number of hydrogen-bond acceptors (Lipinski definition) is 5. The zero-order valence-electron chi connectivity index (χ0n) is 33.9. The molecule has 1 aliphatic rings. The second-order valence-corrected chi connectivity index (χ2v) is 15.8. The Morgan fingerprint density at radius 1 is 0.521 bits per heavy atom. The smallest absolute Gasteiger partial charge is 0.305 e. The van der Waals surface area contributed by atoms with Gasteiger partial charge in [-0.3, -0.25) is 4.79 Å². The van der Waals surface area contributed by atoms with E-state index in [1.165, 1.54) is 187 Å². The largest absolute Gasteiger partial charge is 0.431 e. The fourth-order valence-electron chi connectivity index (χ4n) is 6.97. The Hall–Kier alpha value is -0.650. The highest BCUT2D eigenvalue weighted by molar-refractivity contribution is 5.66. The van der Waals surface area contributed by atoms with Gasteiger partial charge in [0.2, 0.25) is 5.79 Å². The Balaban J connectivity index is 0.00000520. The van der Waals surface area contributed by atoms with Crippen molar-refractivity contribution in [3.63, 3.8) is 0 Å². The number of esters is 1. The lowest BCUT2D eigenvalue weighted by Gasteiger charge is -2.30. The van der Waals surface area contributed by atoms with Gasteiger partial charge in [0.15, 0.2) is 5.79 Å². The van der Waals surface area contributed by atoms with E-state index in [-0.39, 0.29) is 5.97 Å². The first-order valence-electron chi connectivity index (χ1n) is 21.3. The fourth-order valence-corrected chi connectivity index (χ4v) is 6.97. The van der Waals surface area contributed by atoms with Gasteiger partial charge in [0.05, 0.1) is 0 Å². The summed E-state index contributed by atoms with van der Waals surface area (Å²) in [5.74, 6) is -1.83. The van der Waals surface area contributed by atoms with Crippen LogP contribution in [-0.4, -0.2) is 50.2 Å². The summed E-state index contributed by atoms with van der Waals surface area (Å²) in [7, 11) is 6.00. The lowest BCUT2D eigenvalue weighted by molar-refractivity contribution is -0.254. The summed E-state index contributed by atoms with van der Waals surface area (Å²) in [4.78, 5) is 13.7. The van der Waals surface area contributed by atoms with E-state index in [1.54, 1.807) is 0 Å². The van der Waals surface area contributed by atoms with E-state index in [0.29, 0.717) is 6.61 Å². The number of hydrogen-bond donors (Lipinski definition) is 0. The zero-order valence-corrected chi connectivity index (χ0v) is 33.9. The van der Waals surface area contributed by atoms with E-state index in [2.05, 4.69) is 13.8 Å². The third kappa shape index (κ3) is 31.3. The van der Waals surface area contributed by atoms with E-state index in [4.69, 9.17) is 14.2 Å². The van der Waals surface area contributed by atoms with Crippen molar-refractivity contribution in [1.29, 1.82) is 0 Å². The molecule has 288 valence electrons. The summed E-state index contributed by atoms with van der Waals surface area (Å²) in [6.07, 6.45) is 42.9. The van der Waals surface area contributed by atoms with Crippen molar-refractivity contribution in [3.05, 3.63) is 0 Å². The molecule has 1 atom stereocenters. The molecule has 0 aliphatic carbocycles. The number of ether oxygens (including phenoxy) is 3. The van der Waals surface area contributed by atoms with Crippen LogP contribution < -0.4 is 0 Å². The van der Waals surface area contributed by atoms with Crippen LogP contribution in [0.4, 0.5) is 0 Å². The zero-order chi connectivity index (χ0) is 35.6. The molecule has 0 saturated carbocycles. The minimum absolute atomic E-state index is 0.300. The summed E-state index contributed by atoms with van der Waals surface area (Å²) in [6.45, 7) is 8.23. The molecule has 5 heteroatoms. The van der Waals surface area contributed by atoms with Gasteiger partial charge in [-0.25, -0.2) is 0 Å². The van der Waals surface area contributed by atoms with E-state index in [0.717, 1.165) is 25.7 Å². The molecule has 0 aromatic heterocycles. The standard InChI is InChI=1S/C40H78O4.C3H9N/c1-5-7-9-11-13-15-17-19-21-23-25-27-29-31-33-35-40(42-37-39(4,44-40)43-38(3)41)36-34-32-30-28-26-24-22-20-18-16-14-12-10-8-6-2;1-4(2)3/h5-37H2,1-4H3;1-3H3. The Morgan fingerprint density at radius 2 is 0.771 bits per heavy atom. The molecule has 1 saturated heterocycles. The lowest BCUT2D eigenvalue weighted by Crippen LogP contribution is -2.38. The van der Waals surface area contributed by atoms with Crippen LogP contribution in [0.15, 0.2) is 0 Å². The van der Waals surface area contributed by atoms with Crippen LogP contribution in [0, 0.1) is 0 Å². The molecule has 0 bridgehead atoms. The van der Waals surface area contributed by atoms with Crippen LogP contribution in [0.25, 0.3) is 0 Å². The molecule has 0 radical (unpaired) electrons. The first-order chi connectivity index (χ1) is 23.2. The van der Waals surface area contributed by atoms with Gasteiger partial charge in [-0.1, -0.05) is 194 Å². The van der Waals surface area contributed by atoms with E-state index in [9.17, 15) is 4.79 Å². The van der Waals surface area contributed by atoms with Crippen LogP contribution in [0.3, 0.4) is 0 Å². The highest BCUT2D eigenvalue weighted by Crippen LogP contribution is 2.40. The number of nitrogens with zero attached hydrogens (tertiary/aromatic N) is 1. The number of rotatable bonds is 33. The van der Waals surface area contributed by atoms with Crippen molar-refractivity contribution >= 4 is 5.97 Å². The molecule has 0 aromatic rings. The second kappa shape index (κ2) is 33.5. The summed E-state index contributed by atoms with van der Waals surface area (Å²) in [5.41, 5.74) is 0. The first kappa shape index (κ1) is 47.4. The molecular formula is C43H87NO4. The minimum atomic E-state index is -0.948. The summed E-state index contributed by atoms with van der Waals surface area (Å²) in [6, 6.07) is 0. The third-order valence-corrected chi connectivity index (χ3v) is 9.68. The Kier molecular flexibility index (Phi) is 33.0. The van der Waals surface area contributed by atoms with Crippen LogP contribution in [0.1, 0.15) is 233 Å². The Bertz CT molecular complexity index is 647. The molecule has 0 amide bonds. The molecule has 0 aromatic carbocycles. The highest BCUT2D eigenvalue weighted by Gasteiger charge is 2.49. The van der Waals surface area contributed by atoms with Gasteiger partial charge < -0.3 is 19.1 Å². The van der Waals surface area contributed by atoms with E-state index in [1.807, 2.05) is 33.0 Å². The maximum Gasteiger partial charge on any atom is 0.305 e. The van der Waals surface area contributed by atoms with Gasteiger partial charge in [0.25, 0.3) is 0 Å². The average molecular weight is 682 g/mol. The second-order valence-electron chi connectivity index (χ2n) is 15.8.